The number of nitrogens with zero attached hydrogens (tertiary/aromatic N) is 2. The lowest BCUT2D eigenvalue weighted by Gasteiger charge is -2.16. The zero-order valence-electron chi connectivity index (χ0n) is 5.88. The van der Waals surface area contributed by atoms with Crippen molar-refractivity contribution in [1.29, 1.82) is 5.26 Å². The Morgan fingerprint density at radius 1 is 1.67 bits per heavy atom. The molecule has 0 aromatic heterocycles. The van der Waals surface area contributed by atoms with Gasteiger partial charge in [-0.2, -0.15) is 5.26 Å². The fourth-order valence-corrected chi connectivity index (χ4v) is 0.313. The van der Waals surface area contributed by atoms with Crippen LogP contribution in [0.3, 0.4) is 0 Å². The van der Waals surface area contributed by atoms with E-state index in [2.05, 4.69) is 0 Å². The zero-order valence-corrected chi connectivity index (χ0v) is 5.88. The number of hydrogen-bond donors (Lipinski definition) is 0. The molecule has 9 heavy (non-hydrogen) atoms. The summed E-state index contributed by atoms with van der Waals surface area (Å²) in [5.74, 6) is -0.481. The lowest BCUT2D eigenvalue weighted by molar-refractivity contribution is -0.125. The Balaban J connectivity index is 3.92. The average molecular weight is 126 g/mol. The van der Waals surface area contributed by atoms with Gasteiger partial charge in [-0.15, -0.1) is 0 Å². The first-order valence-electron chi connectivity index (χ1n) is 2.76. The minimum atomic E-state index is -0.481. The highest BCUT2D eigenvalue weighted by Crippen LogP contribution is 1.91. The van der Waals surface area contributed by atoms with Crippen LogP contribution in [0.2, 0.25) is 0 Å². The van der Waals surface area contributed by atoms with Gasteiger partial charge in [0, 0.05) is 13.1 Å². The molecule has 1 amide bonds. The number of hydrogen-bond acceptors (Lipinski definition) is 2. The molecule has 0 spiro atoms. The molecule has 0 aliphatic heterocycles. The Morgan fingerprint density at radius 2 is 2.11 bits per heavy atom. The van der Waals surface area contributed by atoms with E-state index in [1.165, 1.54) is 11.0 Å². The molecule has 0 fully saturated rings. The molecule has 0 saturated carbocycles. The molecule has 3 nitrogen and oxygen atoms in total. The molecule has 3 heteroatoms. The first-order valence-corrected chi connectivity index (χ1v) is 2.76. The first-order chi connectivity index (χ1) is 4.09. The van der Waals surface area contributed by atoms with E-state index < -0.39 is 5.91 Å². The normalized spacial score (nSPS) is 8.78. The summed E-state index contributed by atoms with van der Waals surface area (Å²) in [4.78, 5) is 11.9. The summed E-state index contributed by atoms with van der Waals surface area (Å²) in [5.41, 5.74) is 0. The predicted molar refractivity (Wildman–Crippen MR) is 33.5 cm³/mol. The number of amides is 1. The van der Waals surface area contributed by atoms with Gasteiger partial charge in [-0.05, 0) is 13.8 Å². The van der Waals surface area contributed by atoms with Gasteiger partial charge in [0.25, 0.3) is 0 Å². The standard InChI is InChI=1S/C6H10N2O/c1-5(2)8(3)6(9)4-7/h5H,1-3H3. The van der Waals surface area contributed by atoms with Gasteiger partial charge in [-0.3, -0.25) is 4.79 Å². The van der Waals surface area contributed by atoms with Crippen molar-refractivity contribution in [2.75, 3.05) is 7.05 Å². The van der Waals surface area contributed by atoms with E-state index in [1.54, 1.807) is 7.05 Å². The Bertz CT molecular complexity index is 146. The van der Waals surface area contributed by atoms with Gasteiger partial charge in [0.2, 0.25) is 0 Å². The largest absolute Gasteiger partial charge is 0.331 e. The fraction of sp³-hybridized carbons (Fsp3) is 0.667. The van der Waals surface area contributed by atoms with E-state index >= 15 is 0 Å². The lowest BCUT2D eigenvalue weighted by atomic mass is 10.3. The molecular formula is C6H10N2O. The van der Waals surface area contributed by atoms with Gasteiger partial charge in [-0.25, -0.2) is 0 Å². The molecule has 0 rings (SSSR count). The molecular weight excluding hydrogens is 116 g/mol. The van der Waals surface area contributed by atoms with Crippen molar-refractivity contribution in [1.82, 2.24) is 4.90 Å². The predicted octanol–water partition coefficient (Wildman–Crippen LogP) is 0.377. The van der Waals surface area contributed by atoms with Crippen LogP contribution in [0.5, 0.6) is 0 Å². The molecule has 0 N–H and O–H groups in total. The third kappa shape index (κ3) is 2.13. The summed E-state index contributed by atoms with van der Waals surface area (Å²) in [6.07, 6.45) is 0. The molecule has 50 valence electrons. The van der Waals surface area contributed by atoms with E-state index in [0.717, 1.165) is 0 Å². The molecule has 0 aromatic carbocycles. The van der Waals surface area contributed by atoms with Crippen LogP contribution in [0.25, 0.3) is 0 Å². The SMILES string of the molecule is CC(C)N(C)C(=O)C#N. The number of rotatable bonds is 1. The zero-order chi connectivity index (χ0) is 7.44. The summed E-state index contributed by atoms with van der Waals surface area (Å²) < 4.78 is 0. The summed E-state index contributed by atoms with van der Waals surface area (Å²) in [5, 5.41) is 8.11. The maximum atomic E-state index is 10.5. The molecule has 0 unspecified atom stereocenters. The quantitative estimate of drug-likeness (QED) is 0.476. The minimum absolute atomic E-state index is 0.108. The third-order valence-corrected chi connectivity index (χ3v) is 1.19. The van der Waals surface area contributed by atoms with Gasteiger partial charge in [0.05, 0.1) is 0 Å². The monoisotopic (exact) mass is 126 g/mol. The van der Waals surface area contributed by atoms with Crippen molar-refractivity contribution in [3.63, 3.8) is 0 Å². The van der Waals surface area contributed by atoms with Gasteiger partial charge < -0.3 is 4.90 Å². The average Bonchev–Trinajstić information content (AvgIpc) is 1.84. The maximum absolute atomic E-state index is 10.5. The van der Waals surface area contributed by atoms with Gasteiger partial charge in [0.1, 0.15) is 0 Å². The van der Waals surface area contributed by atoms with Crippen molar-refractivity contribution in [3.05, 3.63) is 0 Å². The highest BCUT2D eigenvalue weighted by atomic mass is 16.2. The Hall–Kier alpha value is -1.04. The van der Waals surface area contributed by atoms with E-state index in [0.29, 0.717) is 0 Å². The van der Waals surface area contributed by atoms with Gasteiger partial charge >= 0.3 is 5.91 Å². The van der Waals surface area contributed by atoms with Crippen molar-refractivity contribution in [3.8, 4) is 6.07 Å². The van der Waals surface area contributed by atoms with Crippen LogP contribution in [0.1, 0.15) is 13.8 Å². The molecule has 0 bridgehead atoms. The van der Waals surface area contributed by atoms with Crippen LogP contribution in [0.4, 0.5) is 0 Å². The molecule has 0 saturated heterocycles. The van der Waals surface area contributed by atoms with E-state index in [1.807, 2.05) is 13.8 Å². The molecule has 0 heterocycles. The van der Waals surface area contributed by atoms with E-state index in [4.69, 9.17) is 5.26 Å². The Morgan fingerprint density at radius 3 is 2.22 bits per heavy atom. The Kier molecular flexibility index (Phi) is 2.72. The number of carbonyl (C=O) groups excluding carboxylic acids is 1. The molecule has 0 aliphatic rings. The van der Waals surface area contributed by atoms with Gasteiger partial charge in [0.15, 0.2) is 6.07 Å². The molecule has 0 atom stereocenters. The van der Waals surface area contributed by atoms with E-state index in [9.17, 15) is 4.79 Å². The second-order valence-electron chi connectivity index (χ2n) is 2.12. The van der Waals surface area contributed by atoms with Crippen molar-refractivity contribution < 1.29 is 4.79 Å². The first kappa shape index (κ1) is 7.96. The molecule has 0 aromatic rings. The van der Waals surface area contributed by atoms with Crippen LogP contribution in [-0.2, 0) is 4.79 Å². The number of nitriles is 1. The topological polar surface area (TPSA) is 44.1 Å². The van der Waals surface area contributed by atoms with Crippen LogP contribution in [-0.4, -0.2) is 23.9 Å². The van der Waals surface area contributed by atoms with Crippen molar-refractivity contribution in [2.24, 2.45) is 0 Å². The second kappa shape index (κ2) is 3.08. The highest BCUT2D eigenvalue weighted by Gasteiger charge is 2.08. The molecule has 0 radical (unpaired) electrons. The van der Waals surface area contributed by atoms with E-state index in [-0.39, 0.29) is 6.04 Å². The van der Waals surface area contributed by atoms with Gasteiger partial charge in [-0.1, -0.05) is 0 Å². The summed E-state index contributed by atoms with van der Waals surface area (Å²) in [7, 11) is 1.61. The van der Waals surface area contributed by atoms with Crippen LogP contribution >= 0.6 is 0 Å². The Labute approximate surface area is 54.9 Å². The number of carbonyl (C=O) groups is 1. The minimum Gasteiger partial charge on any atom is -0.331 e. The summed E-state index contributed by atoms with van der Waals surface area (Å²) in [6.45, 7) is 3.71. The van der Waals surface area contributed by atoms with Crippen molar-refractivity contribution in [2.45, 2.75) is 19.9 Å². The van der Waals surface area contributed by atoms with Crippen LogP contribution in [0, 0.1) is 11.3 Å². The maximum Gasteiger partial charge on any atom is 0.324 e. The second-order valence-corrected chi connectivity index (χ2v) is 2.12. The highest BCUT2D eigenvalue weighted by molar-refractivity contribution is 5.91. The summed E-state index contributed by atoms with van der Waals surface area (Å²) >= 11 is 0. The summed E-state index contributed by atoms with van der Waals surface area (Å²) in [6, 6.07) is 1.64. The molecule has 0 aliphatic carbocycles. The fourth-order valence-electron chi connectivity index (χ4n) is 0.313. The van der Waals surface area contributed by atoms with Crippen molar-refractivity contribution >= 4 is 5.91 Å². The lowest BCUT2D eigenvalue weighted by Crippen LogP contribution is -2.31. The van der Waals surface area contributed by atoms with Crippen LogP contribution in [0.15, 0.2) is 0 Å². The third-order valence-electron chi connectivity index (χ3n) is 1.19. The van der Waals surface area contributed by atoms with Crippen LogP contribution < -0.4 is 0 Å². The smallest absolute Gasteiger partial charge is 0.324 e.